The molecule has 3 aromatic rings. The second-order valence-electron chi connectivity index (χ2n) is 7.07. The molecule has 10 heteroatoms. The third kappa shape index (κ3) is 3.80. The number of rotatable bonds is 6. The molecule has 2 aromatic heterocycles. The number of aryl methyl sites for hydroxylation is 2. The average Bonchev–Trinajstić information content (AvgIpc) is 3.22. The molecule has 0 aliphatic carbocycles. The standard InChI is InChI=1S/C20H25N5O4S/c1-3-19-21-25(4-2)20(26)18-13-17(14-24(18)19)30(27,28)22-15-5-7-16(8-6-15)23-9-11-29-12-10-23/h5-8,13-14,22H,3-4,9-12H2,1-2H3. The summed E-state index contributed by atoms with van der Waals surface area (Å²) >= 11 is 0. The van der Waals surface area contributed by atoms with Crippen molar-refractivity contribution in [2.45, 2.75) is 31.7 Å². The lowest BCUT2D eigenvalue weighted by molar-refractivity contribution is 0.122. The third-order valence-electron chi connectivity index (χ3n) is 5.18. The zero-order chi connectivity index (χ0) is 21.3. The Bertz CT molecular complexity index is 1210. The first-order chi connectivity index (χ1) is 14.4. The predicted molar refractivity (Wildman–Crippen MR) is 115 cm³/mol. The molecular formula is C20H25N5O4S. The van der Waals surface area contributed by atoms with Gasteiger partial charge in [0.2, 0.25) is 0 Å². The lowest BCUT2D eigenvalue weighted by Gasteiger charge is -2.28. The monoisotopic (exact) mass is 431 g/mol. The van der Waals surface area contributed by atoms with Gasteiger partial charge in [0, 0.05) is 43.6 Å². The minimum absolute atomic E-state index is 0.0298. The predicted octanol–water partition coefficient (Wildman–Crippen LogP) is 1.72. The molecule has 1 aliphatic rings. The van der Waals surface area contributed by atoms with Crippen LogP contribution in [0.3, 0.4) is 0 Å². The van der Waals surface area contributed by atoms with Gasteiger partial charge >= 0.3 is 0 Å². The molecule has 0 amide bonds. The summed E-state index contributed by atoms with van der Waals surface area (Å²) < 4.78 is 36.8. The van der Waals surface area contributed by atoms with Gasteiger partial charge in [-0.2, -0.15) is 5.10 Å². The van der Waals surface area contributed by atoms with Crippen molar-refractivity contribution in [1.29, 1.82) is 0 Å². The van der Waals surface area contributed by atoms with Crippen LogP contribution in [0.1, 0.15) is 19.7 Å². The van der Waals surface area contributed by atoms with Gasteiger partial charge < -0.3 is 9.64 Å². The van der Waals surface area contributed by atoms with Crippen molar-refractivity contribution < 1.29 is 13.2 Å². The normalized spacial score (nSPS) is 14.9. The van der Waals surface area contributed by atoms with Gasteiger partial charge in [-0.05, 0) is 37.3 Å². The summed E-state index contributed by atoms with van der Waals surface area (Å²) in [5.41, 5.74) is 1.47. The van der Waals surface area contributed by atoms with Gasteiger partial charge in [0.25, 0.3) is 15.6 Å². The highest BCUT2D eigenvalue weighted by Gasteiger charge is 2.20. The second kappa shape index (κ2) is 8.11. The van der Waals surface area contributed by atoms with Crippen molar-refractivity contribution in [2.75, 3.05) is 35.9 Å². The van der Waals surface area contributed by atoms with E-state index in [0.29, 0.717) is 43.2 Å². The first kappa shape index (κ1) is 20.4. The van der Waals surface area contributed by atoms with Crippen LogP contribution in [0, 0.1) is 0 Å². The van der Waals surface area contributed by atoms with Crippen molar-refractivity contribution >= 4 is 26.9 Å². The number of morpholine rings is 1. The van der Waals surface area contributed by atoms with E-state index in [4.69, 9.17) is 4.74 Å². The third-order valence-corrected chi connectivity index (χ3v) is 6.53. The minimum Gasteiger partial charge on any atom is -0.378 e. The van der Waals surface area contributed by atoms with E-state index >= 15 is 0 Å². The molecule has 0 unspecified atom stereocenters. The molecule has 4 rings (SSSR count). The summed E-state index contributed by atoms with van der Waals surface area (Å²) in [5, 5.41) is 4.31. The summed E-state index contributed by atoms with van der Waals surface area (Å²) in [6, 6.07) is 8.65. The van der Waals surface area contributed by atoms with E-state index in [1.807, 2.05) is 26.0 Å². The van der Waals surface area contributed by atoms with Gasteiger partial charge in [-0.3, -0.25) is 13.9 Å². The number of fused-ring (bicyclic) bond motifs is 1. The molecule has 1 saturated heterocycles. The number of aromatic nitrogens is 3. The molecule has 1 aliphatic heterocycles. The molecule has 9 nitrogen and oxygen atoms in total. The maximum atomic E-state index is 12.9. The van der Waals surface area contributed by atoms with Crippen LogP contribution in [0.2, 0.25) is 0 Å². The van der Waals surface area contributed by atoms with Gasteiger partial charge in [0.05, 0.1) is 13.2 Å². The molecule has 30 heavy (non-hydrogen) atoms. The SMILES string of the molecule is CCc1nn(CC)c(=O)c2cc(S(=O)(=O)Nc3ccc(N4CCOCC4)cc3)cn12. The van der Waals surface area contributed by atoms with Crippen LogP contribution in [-0.4, -0.2) is 48.9 Å². The maximum absolute atomic E-state index is 12.9. The summed E-state index contributed by atoms with van der Waals surface area (Å²) in [5.74, 6) is 0.628. The van der Waals surface area contributed by atoms with E-state index in [9.17, 15) is 13.2 Å². The number of ether oxygens (including phenoxy) is 1. The van der Waals surface area contributed by atoms with E-state index in [0.717, 1.165) is 18.8 Å². The number of nitrogens with one attached hydrogen (secondary N) is 1. The van der Waals surface area contributed by atoms with Crippen LogP contribution in [0.15, 0.2) is 46.2 Å². The molecular weight excluding hydrogens is 406 g/mol. The van der Waals surface area contributed by atoms with Gasteiger partial charge in [0.15, 0.2) is 0 Å². The fourth-order valence-corrected chi connectivity index (χ4v) is 4.64. The van der Waals surface area contributed by atoms with Gasteiger partial charge in [-0.15, -0.1) is 0 Å². The molecule has 1 fully saturated rings. The van der Waals surface area contributed by atoms with Crippen LogP contribution in [0.25, 0.3) is 5.52 Å². The Kier molecular flexibility index (Phi) is 5.52. The molecule has 0 atom stereocenters. The fourth-order valence-electron chi connectivity index (χ4n) is 3.56. The quantitative estimate of drug-likeness (QED) is 0.638. The number of anilines is 2. The first-order valence-electron chi connectivity index (χ1n) is 10.0. The number of hydrogen-bond acceptors (Lipinski definition) is 6. The van der Waals surface area contributed by atoms with E-state index < -0.39 is 10.0 Å². The fraction of sp³-hybridized carbons (Fsp3) is 0.400. The number of sulfonamides is 1. The number of nitrogens with zero attached hydrogens (tertiary/aromatic N) is 4. The molecule has 1 N–H and O–H groups in total. The smallest absolute Gasteiger partial charge is 0.291 e. The summed E-state index contributed by atoms with van der Waals surface area (Å²) in [4.78, 5) is 14.8. The van der Waals surface area contributed by atoms with Crippen LogP contribution in [0.4, 0.5) is 11.4 Å². The van der Waals surface area contributed by atoms with Crippen molar-refractivity contribution in [3.8, 4) is 0 Å². The topological polar surface area (TPSA) is 97.9 Å². The Labute approximate surface area is 174 Å². The summed E-state index contributed by atoms with van der Waals surface area (Å²) in [6.45, 7) is 7.15. The second-order valence-corrected chi connectivity index (χ2v) is 8.76. The Morgan fingerprint density at radius 1 is 1.13 bits per heavy atom. The van der Waals surface area contributed by atoms with Crippen LogP contribution >= 0.6 is 0 Å². The van der Waals surface area contributed by atoms with E-state index in [1.165, 1.54) is 16.9 Å². The molecule has 160 valence electrons. The highest BCUT2D eigenvalue weighted by Crippen LogP contribution is 2.22. The van der Waals surface area contributed by atoms with E-state index in [2.05, 4.69) is 14.7 Å². The van der Waals surface area contributed by atoms with Crippen LogP contribution < -0.4 is 15.2 Å². The molecule has 3 heterocycles. The largest absolute Gasteiger partial charge is 0.378 e. The maximum Gasteiger partial charge on any atom is 0.291 e. The highest BCUT2D eigenvalue weighted by atomic mass is 32.2. The van der Waals surface area contributed by atoms with Crippen LogP contribution in [0.5, 0.6) is 0 Å². The Morgan fingerprint density at radius 2 is 1.83 bits per heavy atom. The zero-order valence-corrected chi connectivity index (χ0v) is 17.9. The molecule has 1 aromatic carbocycles. The van der Waals surface area contributed by atoms with Gasteiger partial charge in [-0.25, -0.2) is 13.1 Å². The van der Waals surface area contributed by atoms with Crippen molar-refractivity contribution in [3.63, 3.8) is 0 Å². The number of benzene rings is 1. The van der Waals surface area contributed by atoms with E-state index in [1.54, 1.807) is 16.5 Å². The Morgan fingerprint density at radius 3 is 2.47 bits per heavy atom. The van der Waals surface area contributed by atoms with Gasteiger partial charge in [0.1, 0.15) is 16.2 Å². The van der Waals surface area contributed by atoms with Gasteiger partial charge in [-0.1, -0.05) is 6.92 Å². The summed E-state index contributed by atoms with van der Waals surface area (Å²) in [6.07, 6.45) is 2.02. The molecule has 0 bridgehead atoms. The first-order valence-corrected chi connectivity index (χ1v) is 11.5. The average molecular weight is 432 g/mol. The van der Waals surface area contributed by atoms with Crippen molar-refractivity contribution in [2.24, 2.45) is 0 Å². The Hall–Kier alpha value is -2.85. The minimum atomic E-state index is -3.85. The Balaban J connectivity index is 1.63. The van der Waals surface area contributed by atoms with Crippen LogP contribution in [-0.2, 0) is 27.7 Å². The lowest BCUT2D eigenvalue weighted by atomic mass is 10.2. The lowest BCUT2D eigenvalue weighted by Crippen LogP contribution is -2.36. The zero-order valence-electron chi connectivity index (χ0n) is 17.0. The summed E-state index contributed by atoms with van der Waals surface area (Å²) in [7, 11) is -3.85. The highest BCUT2D eigenvalue weighted by molar-refractivity contribution is 7.92. The molecule has 0 saturated carbocycles. The molecule has 0 spiro atoms. The number of hydrogen-bond donors (Lipinski definition) is 1. The van der Waals surface area contributed by atoms with Crippen molar-refractivity contribution in [1.82, 2.24) is 14.2 Å². The van der Waals surface area contributed by atoms with Crippen molar-refractivity contribution in [3.05, 3.63) is 52.7 Å². The van der Waals surface area contributed by atoms with E-state index in [-0.39, 0.29) is 10.5 Å². The molecule has 0 radical (unpaired) electrons.